The summed E-state index contributed by atoms with van der Waals surface area (Å²) in [6.45, 7) is 0.973. The van der Waals surface area contributed by atoms with Gasteiger partial charge in [0.25, 0.3) is 11.8 Å². The predicted molar refractivity (Wildman–Crippen MR) is 77.2 cm³/mol. The maximum absolute atomic E-state index is 12.7. The number of benzene rings is 1. The van der Waals surface area contributed by atoms with Crippen LogP contribution in [0, 0.1) is 0 Å². The van der Waals surface area contributed by atoms with Crippen LogP contribution >= 0.6 is 0 Å². The van der Waals surface area contributed by atoms with Crippen LogP contribution in [-0.4, -0.2) is 45.2 Å². The molecule has 116 valence electrons. The van der Waals surface area contributed by atoms with Gasteiger partial charge in [0.1, 0.15) is 17.3 Å². The molecule has 0 atom stereocenters. The lowest BCUT2D eigenvalue weighted by Crippen LogP contribution is -2.44. The molecular weight excluding hydrogens is 300 g/mol. The highest BCUT2D eigenvalue weighted by molar-refractivity contribution is 6.00. The van der Waals surface area contributed by atoms with Crippen LogP contribution in [-0.2, 0) is 0 Å². The number of nitrogens with zero attached hydrogens (tertiary/aromatic N) is 4. The van der Waals surface area contributed by atoms with Gasteiger partial charge >= 0.3 is 0 Å². The summed E-state index contributed by atoms with van der Waals surface area (Å²) in [6, 6.07) is 6.49. The standard InChI is InChI=1S/C15H12N4O4/c20-14(10-2-3-12-13(8-10)17-23-16-12)18-5-1-6-19(18)15(21)11-4-7-22-9-11/h2-4,7-9H,1,5-6H2. The van der Waals surface area contributed by atoms with Crippen molar-refractivity contribution in [3.8, 4) is 0 Å². The second-order valence-electron chi connectivity index (χ2n) is 5.19. The van der Waals surface area contributed by atoms with Gasteiger partial charge in [0.2, 0.25) is 0 Å². The number of aromatic nitrogens is 2. The SMILES string of the molecule is O=C(c1ccoc1)N1CCCN1C(=O)c1ccc2nonc2c1. The number of amides is 2. The van der Waals surface area contributed by atoms with Gasteiger partial charge in [-0.25, -0.2) is 14.6 Å². The fraction of sp³-hybridized carbons (Fsp3) is 0.200. The lowest BCUT2D eigenvalue weighted by molar-refractivity contribution is 0.0186. The quantitative estimate of drug-likeness (QED) is 0.715. The lowest BCUT2D eigenvalue weighted by atomic mass is 10.2. The van der Waals surface area contributed by atoms with E-state index >= 15 is 0 Å². The first-order valence-electron chi connectivity index (χ1n) is 7.12. The summed E-state index contributed by atoms with van der Waals surface area (Å²) >= 11 is 0. The van der Waals surface area contributed by atoms with E-state index in [9.17, 15) is 9.59 Å². The van der Waals surface area contributed by atoms with Gasteiger partial charge in [0.05, 0.1) is 11.8 Å². The summed E-state index contributed by atoms with van der Waals surface area (Å²) in [5, 5.41) is 10.3. The van der Waals surface area contributed by atoms with Crippen LogP contribution in [0.3, 0.4) is 0 Å². The molecule has 2 aromatic heterocycles. The van der Waals surface area contributed by atoms with Crippen LogP contribution in [0.5, 0.6) is 0 Å². The number of hydrogen-bond acceptors (Lipinski definition) is 6. The first-order valence-corrected chi connectivity index (χ1v) is 7.12. The third-order valence-electron chi connectivity index (χ3n) is 3.77. The molecule has 8 nitrogen and oxygen atoms in total. The Morgan fingerprint density at radius 2 is 1.70 bits per heavy atom. The third-order valence-corrected chi connectivity index (χ3v) is 3.77. The molecule has 0 spiro atoms. The Hall–Kier alpha value is -3.16. The summed E-state index contributed by atoms with van der Waals surface area (Å²) in [4.78, 5) is 25.2. The first-order chi connectivity index (χ1) is 11.2. The normalized spacial score (nSPS) is 14.6. The molecule has 0 aliphatic carbocycles. The maximum Gasteiger partial charge on any atom is 0.275 e. The minimum atomic E-state index is -0.260. The van der Waals surface area contributed by atoms with Crippen LogP contribution in [0.1, 0.15) is 27.1 Å². The Bertz CT molecular complexity index is 871. The van der Waals surface area contributed by atoms with E-state index in [1.165, 1.54) is 22.5 Å². The van der Waals surface area contributed by atoms with Crippen molar-refractivity contribution in [1.82, 2.24) is 20.3 Å². The van der Waals surface area contributed by atoms with Gasteiger partial charge in [0.15, 0.2) is 0 Å². The molecule has 4 rings (SSSR count). The van der Waals surface area contributed by atoms with Crippen molar-refractivity contribution >= 4 is 22.8 Å². The van der Waals surface area contributed by atoms with Gasteiger partial charge < -0.3 is 4.42 Å². The van der Waals surface area contributed by atoms with E-state index < -0.39 is 0 Å². The molecule has 8 heteroatoms. The van der Waals surface area contributed by atoms with Crippen molar-refractivity contribution in [3.63, 3.8) is 0 Å². The number of furan rings is 1. The third kappa shape index (κ3) is 2.24. The molecule has 0 bridgehead atoms. The number of carbonyl (C=O) groups is 2. The van der Waals surface area contributed by atoms with Gasteiger partial charge in [-0.2, -0.15) is 0 Å². The van der Waals surface area contributed by atoms with Crippen molar-refractivity contribution in [1.29, 1.82) is 0 Å². The molecule has 1 aliphatic heterocycles. The molecule has 3 heterocycles. The van der Waals surface area contributed by atoms with Gasteiger partial charge in [-0.05, 0) is 41.0 Å². The largest absolute Gasteiger partial charge is 0.472 e. The van der Waals surface area contributed by atoms with Crippen LogP contribution in [0.2, 0.25) is 0 Å². The van der Waals surface area contributed by atoms with Gasteiger partial charge in [-0.15, -0.1) is 0 Å². The minimum Gasteiger partial charge on any atom is -0.472 e. The maximum atomic E-state index is 12.7. The van der Waals surface area contributed by atoms with Crippen molar-refractivity contribution in [2.24, 2.45) is 0 Å². The monoisotopic (exact) mass is 312 g/mol. The molecule has 1 aromatic carbocycles. The molecule has 2 amide bonds. The lowest BCUT2D eigenvalue weighted by Gasteiger charge is -2.27. The molecule has 1 fully saturated rings. The van der Waals surface area contributed by atoms with E-state index in [2.05, 4.69) is 14.9 Å². The summed E-state index contributed by atoms with van der Waals surface area (Å²) < 4.78 is 9.57. The molecule has 0 saturated carbocycles. The molecule has 0 unspecified atom stereocenters. The predicted octanol–water partition coefficient (Wildman–Crippen LogP) is 1.72. The Morgan fingerprint density at radius 3 is 2.43 bits per heavy atom. The van der Waals surface area contributed by atoms with Crippen molar-refractivity contribution in [3.05, 3.63) is 47.9 Å². The fourth-order valence-electron chi connectivity index (χ4n) is 2.63. The zero-order chi connectivity index (χ0) is 15.8. The van der Waals surface area contributed by atoms with Crippen LogP contribution in [0.4, 0.5) is 0 Å². The van der Waals surface area contributed by atoms with E-state index in [0.29, 0.717) is 35.2 Å². The number of rotatable bonds is 2. The van der Waals surface area contributed by atoms with Crippen molar-refractivity contribution in [2.75, 3.05) is 13.1 Å². The average molecular weight is 312 g/mol. The molecule has 23 heavy (non-hydrogen) atoms. The van der Waals surface area contributed by atoms with Gasteiger partial charge in [-0.3, -0.25) is 9.59 Å². The smallest absolute Gasteiger partial charge is 0.275 e. The Labute approximate surface area is 130 Å². The molecule has 0 radical (unpaired) electrons. The zero-order valence-corrected chi connectivity index (χ0v) is 12.0. The van der Waals surface area contributed by atoms with E-state index in [1.54, 1.807) is 24.3 Å². The summed E-state index contributed by atoms with van der Waals surface area (Å²) in [7, 11) is 0. The summed E-state index contributed by atoms with van der Waals surface area (Å²) in [5.41, 5.74) is 1.93. The second kappa shape index (κ2) is 5.24. The van der Waals surface area contributed by atoms with Gasteiger partial charge in [-0.1, -0.05) is 0 Å². The second-order valence-corrected chi connectivity index (χ2v) is 5.19. The Morgan fingerprint density at radius 1 is 0.957 bits per heavy atom. The highest BCUT2D eigenvalue weighted by Gasteiger charge is 2.32. The number of hydrogen-bond donors (Lipinski definition) is 0. The van der Waals surface area contributed by atoms with Crippen molar-refractivity contribution < 1.29 is 18.6 Å². The summed E-state index contributed by atoms with van der Waals surface area (Å²) in [5.74, 6) is -0.516. The van der Waals surface area contributed by atoms with E-state index in [0.717, 1.165) is 6.42 Å². The molecular formula is C15H12N4O4. The van der Waals surface area contributed by atoms with E-state index in [1.807, 2.05) is 0 Å². The topological polar surface area (TPSA) is 92.7 Å². The highest BCUT2D eigenvalue weighted by atomic mass is 16.6. The number of hydrazine groups is 1. The van der Waals surface area contributed by atoms with Crippen molar-refractivity contribution in [2.45, 2.75) is 6.42 Å². The Kier molecular flexibility index (Phi) is 3.07. The fourth-order valence-corrected chi connectivity index (χ4v) is 2.63. The highest BCUT2D eigenvalue weighted by Crippen LogP contribution is 2.20. The zero-order valence-electron chi connectivity index (χ0n) is 12.0. The average Bonchev–Trinajstić information content (AvgIpc) is 3.33. The van der Waals surface area contributed by atoms with Gasteiger partial charge in [0, 0.05) is 18.7 Å². The summed E-state index contributed by atoms with van der Waals surface area (Å²) in [6.07, 6.45) is 3.53. The van der Waals surface area contributed by atoms with Crippen LogP contribution < -0.4 is 0 Å². The molecule has 0 N–H and O–H groups in total. The molecule has 1 aliphatic rings. The number of carbonyl (C=O) groups excluding carboxylic acids is 2. The van der Waals surface area contributed by atoms with Crippen LogP contribution in [0.15, 0.2) is 45.8 Å². The molecule has 1 saturated heterocycles. The first kappa shape index (κ1) is 13.5. The Balaban J connectivity index is 1.62. The van der Waals surface area contributed by atoms with E-state index in [-0.39, 0.29) is 11.8 Å². The molecule has 3 aromatic rings. The van der Waals surface area contributed by atoms with Crippen LogP contribution in [0.25, 0.3) is 11.0 Å². The van der Waals surface area contributed by atoms with E-state index in [4.69, 9.17) is 4.42 Å². The number of fused-ring (bicyclic) bond motifs is 1. The minimum absolute atomic E-state index is 0.256.